The third kappa shape index (κ3) is 10.3. The number of carbonyl (C=O) groups is 5. The van der Waals surface area contributed by atoms with Crippen molar-refractivity contribution in [3.05, 3.63) is 65.9 Å². The lowest BCUT2D eigenvalue weighted by molar-refractivity contribution is -0.171. The van der Waals surface area contributed by atoms with E-state index in [1.165, 1.54) is 42.5 Å². The number of nitrogens with one attached hydrogen (secondary N) is 2. The van der Waals surface area contributed by atoms with Crippen LogP contribution in [0.5, 0.6) is 5.75 Å². The first-order valence-electron chi connectivity index (χ1n) is 17.3. The van der Waals surface area contributed by atoms with Gasteiger partial charge in [0.25, 0.3) is 5.91 Å². The maximum absolute atomic E-state index is 13.5. The van der Waals surface area contributed by atoms with Crippen LogP contribution in [0.2, 0.25) is 0 Å². The summed E-state index contributed by atoms with van der Waals surface area (Å²) in [7, 11) is -4.62. The SMILES string of the molecule is CCCCC[C@@H](C(=O)NCNC(=O)c1ccc(-c2cc(OCC)cc(P(=O)(O)O)c2)o1)[C@@H](CC)N(C=O)OC(=O)c1ccc(N2CCCC2=O)cc1. The lowest BCUT2D eigenvalue weighted by atomic mass is 9.90. The highest BCUT2D eigenvalue weighted by Gasteiger charge is 2.34. The standard InChI is InChI=1S/C36H45N4O11P/c1-4-7-8-10-29(30(5-2)40(23-41)51-36(45)24-12-14-26(15-13-24)39-18-9-11-33(39)42)34(43)37-22-38-35(44)32-17-16-31(50-32)25-19-27(49-6-3)21-28(20-25)52(46,47)48/h12-17,19-21,23,29-30H,4-11,18,22H2,1-3H3,(H,37,43)(H,38,44)(H2,46,47,48)/t29-,30-/m1/s1. The predicted octanol–water partition coefficient (Wildman–Crippen LogP) is 4.28. The summed E-state index contributed by atoms with van der Waals surface area (Å²) in [6.45, 7) is 6.07. The van der Waals surface area contributed by atoms with Crippen molar-refractivity contribution in [3.63, 3.8) is 0 Å². The molecule has 0 spiro atoms. The van der Waals surface area contributed by atoms with Crippen LogP contribution in [-0.2, 0) is 23.8 Å². The van der Waals surface area contributed by atoms with E-state index in [0.29, 0.717) is 37.9 Å². The highest BCUT2D eigenvalue weighted by Crippen LogP contribution is 2.37. The molecule has 1 saturated heterocycles. The van der Waals surface area contributed by atoms with Gasteiger partial charge >= 0.3 is 13.6 Å². The van der Waals surface area contributed by atoms with Crippen LogP contribution in [0.3, 0.4) is 0 Å². The first-order chi connectivity index (χ1) is 24.9. The Kier molecular flexibility index (Phi) is 14.2. The summed E-state index contributed by atoms with van der Waals surface area (Å²) in [5.74, 6) is -2.45. The minimum Gasteiger partial charge on any atom is -0.494 e. The van der Waals surface area contributed by atoms with Gasteiger partial charge in [0.05, 0.1) is 36.1 Å². The van der Waals surface area contributed by atoms with Crippen LogP contribution in [0.15, 0.2) is 59.0 Å². The molecule has 52 heavy (non-hydrogen) atoms. The number of nitrogens with zero attached hydrogens (tertiary/aromatic N) is 2. The Bertz CT molecular complexity index is 1770. The zero-order valence-electron chi connectivity index (χ0n) is 29.4. The summed E-state index contributed by atoms with van der Waals surface area (Å²) >= 11 is 0. The lowest BCUT2D eigenvalue weighted by Gasteiger charge is -2.31. The monoisotopic (exact) mass is 740 g/mol. The molecule has 3 aromatic rings. The Labute approximate surface area is 301 Å². The van der Waals surface area contributed by atoms with E-state index in [1.54, 1.807) is 30.9 Å². The molecular weight excluding hydrogens is 695 g/mol. The molecule has 1 aromatic heterocycles. The second kappa shape index (κ2) is 18.5. The Morgan fingerprint density at radius 1 is 1.04 bits per heavy atom. The van der Waals surface area contributed by atoms with Gasteiger partial charge in [-0.3, -0.25) is 23.7 Å². The molecule has 2 aromatic carbocycles. The molecule has 4 N–H and O–H groups in total. The van der Waals surface area contributed by atoms with Crippen molar-refractivity contribution in [1.29, 1.82) is 0 Å². The molecular formula is C36H45N4O11P. The van der Waals surface area contributed by atoms with Crippen LogP contribution in [0.4, 0.5) is 5.69 Å². The van der Waals surface area contributed by atoms with Crippen LogP contribution in [0.25, 0.3) is 11.3 Å². The van der Waals surface area contributed by atoms with Gasteiger partial charge in [-0.1, -0.05) is 33.1 Å². The minimum atomic E-state index is -4.62. The van der Waals surface area contributed by atoms with Gasteiger partial charge < -0.3 is 39.3 Å². The smallest absolute Gasteiger partial charge is 0.363 e. The van der Waals surface area contributed by atoms with Gasteiger partial charge in [-0.15, -0.1) is 0 Å². The van der Waals surface area contributed by atoms with E-state index in [2.05, 4.69) is 10.6 Å². The number of amides is 4. The number of anilines is 1. The average Bonchev–Trinajstić information content (AvgIpc) is 3.80. The fourth-order valence-electron chi connectivity index (χ4n) is 5.96. The van der Waals surface area contributed by atoms with Crippen LogP contribution >= 0.6 is 7.60 Å². The Balaban J connectivity index is 1.40. The third-order valence-electron chi connectivity index (χ3n) is 8.61. The molecule has 15 nitrogen and oxygen atoms in total. The van der Waals surface area contributed by atoms with Gasteiger partial charge in [-0.25, -0.2) is 4.79 Å². The third-order valence-corrected chi connectivity index (χ3v) is 9.54. The lowest BCUT2D eigenvalue weighted by Crippen LogP contribution is -2.49. The number of hydrogen-bond acceptors (Lipinski definition) is 9. The van der Waals surface area contributed by atoms with Crippen LogP contribution < -0.4 is 25.6 Å². The molecule has 0 aliphatic carbocycles. The van der Waals surface area contributed by atoms with Crippen molar-refractivity contribution >= 4 is 48.7 Å². The summed E-state index contributed by atoms with van der Waals surface area (Å²) in [4.78, 5) is 90.3. The summed E-state index contributed by atoms with van der Waals surface area (Å²) in [6.07, 6.45) is 4.63. The molecule has 0 bridgehead atoms. The molecule has 16 heteroatoms. The topological polar surface area (TPSA) is 205 Å². The van der Waals surface area contributed by atoms with E-state index in [9.17, 15) is 38.3 Å². The molecule has 2 atom stereocenters. The molecule has 2 heterocycles. The number of furan rings is 1. The predicted molar refractivity (Wildman–Crippen MR) is 191 cm³/mol. The Morgan fingerprint density at radius 2 is 1.79 bits per heavy atom. The zero-order valence-corrected chi connectivity index (χ0v) is 30.3. The van der Waals surface area contributed by atoms with Crippen LogP contribution in [0.1, 0.15) is 86.6 Å². The highest BCUT2D eigenvalue weighted by atomic mass is 31.2. The molecule has 1 aliphatic heterocycles. The maximum atomic E-state index is 13.5. The number of rotatable bonds is 19. The van der Waals surface area contributed by atoms with Gasteiger partial charge in [0.1, 0.15) is 11.5 Å². The second-order valence-electron chi connectivity index (χ2n) is 12.2. The maximum Gasteiger partial charge on any atom is 0.363 e. The number of ether oxygens (including phenoxy) is 1. The van der Waals surface area contributed by atoms with Crippen molar-refractivity contribution in [1.82, 2.24) is 15.7 Å². The van der Waals surface area contributed by atoms with Crippen molar-refractivity contribution in [2.75, 3.05) is 24.7 Å². The van der Waals surface area contributed by atoms with Gasteiger partial charge in [0.15, 0.2) is 5.76 Å². The van der Waals surface area contributed by atoms with E-state index in [1.807, 2.05) is 6.92 Å². The highest BCUT2D eigenvalue weighted by molar-refractivity contribution is 7.60. The molecule has 4 rings (SSSR count). The molecule has 0 radical (unpaired) electrons. The quantitative estimate of drug-likeness (QED) is 0.0449. The van der Waals surface area contributed by atoms with E-state index >= 15 is 0 Å². The number of hydroxylamine groups is 2. The average molecular weight is 741 g/mol. The van der Waals surface area contributed by atoms with E-state index in [0.717, 1.165) is 24.3 Å². The van der Waals surface area contributed by atoms with Crippen molar-refractivity contribution < 1.29 is 52.3 Å². The van der Waals surface area contributed by atoms with Gasteiger partial charge in [0.2, 0.25) is 18.2 Å². The van der Waals surface area contributed by atoms with Gasteiger partial charge in [0, 0.05) is 24.2 Å². The molecule has 4 amide bonds. The van der Waals surface area contributed by atoms with Crippen LogP contribution in [0, 0.1) is 5.92 Å². The van der Waals surface area contributed by atoms with Crippen molar-refractivity contribution in [3.8, 4) is 17.1 Å². The number of hydrogen-bond donors (Lipinski definition) is 4. The summed E-state index contributed by atoms with van der Waals surface area (Å²) < 4.78 is 23.0. The van der Waals surface area contributed by atoms with Gasteiger partial charge in [-0.05, 0) is 80.8 Å². The summed E-state index contributed by atoms with van der Waals surface area (Å²) in [5, 5.41) is 5.82. The Hall–Kier alpha value is -4.98. The first-order valence-corrected chi connectivity index (χ1v) is 18.9. The van der Waals surface area contributed by atoms with Crippen LogP contribution in [-0.4, -0.2) is 70.8 Å². The Morgan fingerprint density at radius 3 is 2.40 bits per heavy atom. The molecule has 280 valence electrons. The van der Waals surface area contributed by atoms with Crippen molar-refractivity contribution in [2.45, 2.75) is 71.8 Å². The van der Waals surface area contributed by atoms with Gasteiger partial charge in [-0.2, -0.15) is 5.06 Å². The second-order valence-corrected chi connectivity index (χ2v) is 13.8. The van der Waals surface area contributed by atoms with E-state index in [4.69, 9.17) is 14.0 Å². The number of carbonyl (C=O) groups excluding carboxylic acids is 5. The molecule has 0 saturated carbocycles. The first kappa shape index (κ1) is 39.8. The fraction of sp³-hybridized carbons (Fsp3) is 0.417. The minimum absolute atomic E-state index is 0.0105. The molecule has 0 unspecified atom stereocenters. The fourth-order valence-corrected chi connectivity index (χ4v) is 6.56. The summed E-state index contributed by atoms with van der Waals surface area (Å²) in [5.41, 5.74) is 1.11. The van der Waals surface area contributed by atoms with Crippen molar-refractivity contribution in [2.24, 2.45) is 5.92 Å². The number of benzene rings is 2. The summed E-state index contributed by atoms with van der Waals surface area (Å²) in [6, 6.07) is 12.4. The molecule has 1 aliphatic rings. The molecule has 1 fully saturated rings. The van der Waals surface area contributed by atoms with E-state index in [-0.39, 0.29) is 59.3 Å². The number of unbranched alkanes of at least 4 members (excludes halogenated alkanes) is 2. The normalized spacial score (nSPS) is 14.0. The largest absolute Gasteiger partial charge is 0.494 e. The zero-order chi connectivity index (χ0) is 37.8. The van der Waals surface area contributed by atoms with E-state index < -0.39 is 37.3 Å².